The summed E-state index contributed by atoms with van der Waals surface area (Å²) in [5, 5.41) is 17.7. The predicted octanol–water partition coefficient (Wildman–Crippen LogP) is 3.12. The maximum Gasteiger partial charge on any atom is 0.272 e. The molecule has 0 amide bonds. The molecule has 1 aromatic carbocycles. The summed E-state index contributed by atoms with van der Waals surface area (Å²) < 4.78 is 15.5. The summed E-state index contributed by atoms with van der Waals surface area (Å²) >= 11 is 0. The Morgan fingerprint density at radius 3 is 2.85 bits per heavy atom. The third-order valence-corrected chi connectivity index (χ3v) is 3.01. The lowest BCUT2D eigenvalue weighted by Gasteiger charge is -2.14. The molecule has 1 heterocycles. The van der Waals surface area contributed by atoms with Gasteiger partial charge in [0.15, 0.2) is 5.82 Å². The van der Waals surface area contributed by atoms with Crippen LogP contribution in [0.1, 0.15) is 25.5 Å². The van der Waals surface area contributed by atoms with E-state index >= 15 is 0 Å². The van der Waals surface area contributed by atoms with Gasteiger partial charge in [0.25, 0.3) is 5.69 Å². The molecule has 106 valence electrons. The van der Waals surface area contributed by atoms with Crippen LogP contribution in [0.25, 0.3) is 0 Å². The second kappa shape index (κ2) is 5.68. The van der Waals surface area contributed by atoms with E-state index in [1.54, 1.807) is 10.9 Å². The summed E-state index contributed by atoms with van der Waals surface area (Å²) in [6, 6.07) is 3.40. The molecule has 0 saturated carbocycles. The Balaban J connectivity index is 2.15. The van der Waals surface area contributed by atoms with Gasteiger partial charge >= 0.3 is 0 Å². The van der Waals surface area contributed by atoms with Crippen LogP contribution in [-0.2, 0) is 6.54 Å². The number of nitrogens with zero attached hydrogens (tertiary/aromatic N) is 3. The molecule has 0 bridgehead atoms. The highest BCUT2D eigenvalue weighted by Gasteiger charge is 2.14. The number of hydrogen-bond acceptors (Lipinski definition) is 4. The fraction of sp³-hybridized carbons (Fsp3) is 0.308. The van der Waals surface area contributed by atoms with Gasteiger partial charge in [0.2, 0.25) is 0 Å². The maximum atomic E-state index is 13.8. The summed E-state index contributed by atoms with van der Waals surface area (Å²) in [5.41, 5.74) is 0.886. The Kier molecular flexibility index (Phi) is 3.97. The Morgan fingerprint density at radius 2 is 2.30 bits per heavy atom. The molecule has 7 heteroatoms. The highest BCUT2D eigenvalue weighted by Crippen LogP contribution is 2.24. The number of benzene rings is 1. The van der Waals surface area contributed by atoms with Gasteiger partial charge in [-0.2, -0.15) is 5.10 Å². The van der Waals surface area contributed by atoms with Crippen molar-refractivity contribution in [3.63, 3.8) is 0 Å². The van der Waals surface area contributed by atoms with Crippen molar-refractivity contribution in [2.75, 3.05) is 5.32 Å². The zero-order chi connectivity index (χ0) is 14.7. The zero-order valence-electron chi connectivity index (χ0n) is 11.2. The summed E-state index contributed by atoms with van der Waals surface area (Å²) in [6.07, 6.45) is 3.59. The van der Waals surface area contributed by atoms with E-state index < -0.39 is 10.7 Å². The molecular weight excluding hydrogens is 263 g/mol. The summed E-state index contributed by atoms with van der Waals surface area (Å²) in [5.74, 6) is -0.645. The van der Waals surface area contributed by atoms with E-state index in [1.807, 2.05) is 20.0 Å². The van der Waals surface area contributed by atoms with Gasteiger partial charge in [-0.3, -0.25) is 14.8 Å². The summed E-state index contributed by atoms with van der Waals surface area (Å²) in [4.78, 5) is 9.93. The predicted molar refractivity (Wildman–Crippen MR) is 73.0 cm³/mol. The summed E-state index contributed by atoms with van der Waals surface area (Å²) in [6.45, 7) is 4.61. The van der Waals surface area contributed by atoms with E-state index in [1.165, 1.54) is 12.1 Å². The van der Waals surface area contributed by atoms with Gasteiger partial charge in [-0.15, -0.1) is 0 Å². The standard InChI is InChI=1S/C13H15FN4O2/c1-3-17-8-10(7-15-17)9(2)16-13-5-4-11(18(19)20)6-12(13)14/h4-9,16H,3H2,1-2H3. The van der Waals surface area contributed by atoms with Crippen LogP contribution >= 0.6 is 0 Å². The number of rotatable bonds is 5. The molecule has 0 aliphatic heterocycles. The minimum Gasteiger partial charge on any atom is -0.376 e. The van der Waals surface area contributed by atoms with Gasteiger partial charge in [0.05, 0.1) is 28.9 Å². The molecule has 0 spiro atoms. The van der Waals surface area contributed by atoms with Crippen molar-refractivity contribution in [1.82, 2.24) is 9.78 Å². The molecule has 2 rings (SSSR count). The van der Waals surface area contributed by atoms with E-state index in [-0.39, 0.29) is 17.4 Å². The Bertz CT molecular complexity index is 627. The van der Waals surface area contributed by atoms with Crippen molar-refractivity contribution in [2.45, 2.75) is 26.4 Å². The Morgan fingerprint density at radius 1 is 1.55 bits per heavy atom. The van der Waals surface area contributed by atoms with Crippen LogP contribution in [0.5, 0.6) is 0 Å². The normalized spacial score (nSPS) is 12.2. The molecule has 0 radical (unpaired) electrons. The number of nitro benzene ring substituents is 1. The number of nitro groups is 1. The number of aryl methyl sites for hydroxylation is 1. The van der Waals surface area contributed by atoms with Crippen molar-refractivity contribution < 1.29 is 9.31 Å². The van der Waals surface area contributed by atoms with Crippen LogP contribution in [0.15, 0.2) is 30.6 Å². The third kappa shape index (κ3) is 2.93. The number of hydrogen-bond donors (Lipinski definition) is 1. The van der Waals surface area contributed by atoms with Gasteiger partial charge in [-0.1, -0.05) is 0 Å². The molecular formula is C13H15FN4O2. The number of nitrogens with one attached hydrogen (secondary N) is 1. The number of anilines is 1. The average Bonchev–Trinajstić information content (AvgIpc) is 2.89. The van der Waals surface area contributed by atoms with Crippen LogP contribution in [0.3, 0.4) is 0 Å². The van der Waals surface area contributed by atoms with Crippen molar-refractivity contribution in [3.8, 4) is 0 Å². The first-order valence-corrected chi connectivity index (χ1v) is 6.24. The minimum atomic E-state index is -0.645. The highest BCUT2D eigenvalue weighted by atomic mass is 19.1. The van der Waals surface area contributed by atoms with Gasteiger partial charge in [0.1, 0.15) is 0 Å². The Hall–Kier alpha value is -2.44. The monoisotopic (exact) mass is 278 g/mol. The number of aromatic nitrogens is 2. The maximum absolute atomic E-state index is 13.8. The van der Waals surface area contributed by atoms with Gasteiger partial charge in [-0.25, -0.2) is 4.39 Å². The van der Waals surface area contributed by atoms with Gasteiger partial charge in [-0.05, 0) is 19.9 Å². The molecule has 20 heavy (non-hydrogen) atoms. The minimum absolute atomic E-state index is 0.147. The quantitative estimate of drug-likeness (QED) is 0.673. The molecule has 0 fully saturated rings. The van der Waals surface area contributed by atoms with Crippen molar-refractivity contribution in [3.05, 3.63) is 52.1 Å². The molecule has 2 aromatic rings. The van der Waals surface area contributed by atoms with E-state index in [0.717, 1.165) is 18.2 Å². The van der Waals surface area contributed by atoms with Crippen LogP contribution < -0.4 is 5.32 Å². The van der Waals surface area contributed by atoms with Crippen LogP contribution in [0.2, 0.25) is 0 Å². The first-order valence-electron chi connectivity index (χ1n) is 6.24. The molecule has 1 aromatic heterocycles. The highest BCUT2D eigenvalue weighted by molar-refractivity contribution is 5.51. The lowest BCUT2D eigenvalue weighted by atomic mass is 10.1. The van der Waals surface area contributed by atoms with Crippen LogP contribution in [0, 0.1) is 15.9 Å². The van der Waals surface area contributed by atoms with Gasteiger partial charge < -0.3 is 5.32 Å². The average molecular weight is 278 g/mol. The molecule has 1 N–H and O–H groups in total. The smallest absolute Gasteiger partial charge is 0.272 e. The van der Waals surface area contributed by atoms with Gasteiger partial charge in [0, 0.05) is 24.4 Å². The van der Waals surface area contributed by atoms with Crippen LogP contribution in [-0.4, -0.2) is 14.7 Å². The largest absolute Gasteiger partial charge is 0.376 e. The molecule has 0 saturated heterocycles. The molecule has 0 aliphatic rings. The first-order chi connectivity index (χ1) is 9.51. The van der Waals surface area contributed by atoms with E-state index in [0.29, 0.717) is 0 Å². The summed E-state index contributed by atoms with van der Waals surface area (Å²) in [7, 11) is 0. The van der Waals surface area contributed by atoms with Crippen molar-refractivity contribution in [2.24, 2.45) is 0 Å². The third-order valence-electron chi connectivity index (χ3n) is 3.01. The second-order valence-electron chi connectivity index (χ2n) is 4.42. The lowest BCUT2D eigenvalue weighted by Crippen LogP contribution is -2.07. The van der Waals surface area contributed by atoms with E-state index in [9.17, 15) is 14.5 Å². The van der Waals surface area contributed by atoms with Crippen LogP contribution in [0.4, 0.5) is 15.8 Å². The van der Waals surface area contributed by atoms with Crippen molar-refractivity contribution >= 4 is 11.4 Å². The van der Waals surface area contributed by atoms with E-state index in [4.69, 9.17) is 0 Å². The Labute approximate surface area is 115 Å². The van der Waals surface area contributed by atoms with Crippen molar-refractivity contribution in [1.29, 1.82) is 0 Å². The molecule has 1 unspecified atom stereocenters. The molecule has 0 aliphatic carbocycles. The topological polar surface area (TPSA) is 73.0 Å². The number of non-ortho nitro benzene ring substituents is 1. The first kappa shape index (κ1) is 14.0. The van der Waals surface area contributed by atoms with E-state index in [2.05, 4.69) is 10.4 Å². The second-order valence-corrected chi connectivity index (χ2v) is 4.42. The fourth-order valence-corrected chi connectivity index (χ4v) is 1.83. The number of halogens is 1. The zero-order valence-corrected chi connectivity index (χ0v) is 11.2. The SMILES string of the molecule is CCn1cc(C(C)Nc2ccc([N+](=O)[O-])cc2F)cn1. The molecule has 1 atom stereocenters. The fourth-order valence-electron chi connectivity index (χ4n) is 1.83. The molecule has 6 nitrogen and oxygen atoms in total. The lowest BCUT2D eigenvalue weighted by molar-refractivity contribution is -0.385.